The zero-order valence-electron chi connectivity index (χ0n) is 12.4. The molecule has 1 aliphatic rings. The smallest absolute Gasteiger partial charge is 0.242 e. The molecule has 0 radical (unpaired) electrons. The highest BCUT2D eigenvalue weighted by molar-refractivity contribution is 7.99. The van der Waals surface area contributed by atoms with Crippen LogP contribution in [-0.4, -0.2) is 47.4 Å². The van der Waals surface area contributed by atoms with E-state index in [9.17, 15) is 9.59 Å². The van der Waals surface area contributed by atoms with Crippen LogP contribution in [0.5, 0.6) is 0 Å². The Balaban J connectivity index is 1.75. The van der Waals surface area contributed by atoms with E-state index < -0.39 is 0 Å². The molecule has 1 unspecified atom stereocenters. The molecule has 0 saturated carbocycles. The number of piperazine rings is 1. The summed E-state index contributed by atoms with van der Waals surface area (Å²) >= 11 is 1.64. The quantitative estimate of drug-likeness (QED) is 0.814. The van der Waals surface area contributed by atoms with Crippen LogP contribution in [-0.2, 0) is 16.0 Å². The number of nitrogens with one attached hydrogen (secondary N) is 1. The number of amides is 2. The van der Waals surface area contributed by atoms with Crippen molar-refractivity contribution in [3.63, 3.8) is 0 Å². The summed E-state index contributed by atoms with van der Waals surface area (Å²) in [5.74, 6) is 1.43. The summed E-state index contributed by atoms with van der Waals surface area (Å²) in [5, 5.41) is 2.82. The fourth-order valence-electron chi connectivity index (χ4n) is 2.50. The van der Waals surface area contributed by atoms with Crippen molar-refractivity contribution in [2.24, 2.45) is 0 Å². The summed E-state index contributed by atoms with van der Waals surface area (Å²) in [6, 6.07) is 9.98. The summed E-state index contributed by atoms with van der Waals surface area (Å²) in [5.41, 5.74) is 1.29. The zero-order valence-corrected chi connectivity index (χ0v) is 13.2. The maximum atomic E-state index is 12.2. The number of hydrogen-bond donors (Lipinski definition) is 1. The van der Waals surface area contributed by atoms with Crippen molar-refractivity contribution in [3.8, 4) is 0 Å². The van der Waals surface area contributed by atoms with E-state index in [0.717, 1.165) is 12.2 Å². The molecule has 1 atom stereocenters. The first-order chi connectivity index (χ1) is 10.2. The predicted molar refractivity (Wildman–Crippen MR) is 86.3 cm³/mol. The van der Waals surface area contributed by atoms with Crippen molar-refractivity contribution in [1.82, 2.24) is 10.2 Å². The molecule has 4 nitrogen and oxygen atoms in total. The minimum atomic E-state index is -0.291. The minimum Gasteiger partial charge on any atom is -0.353 e. The van der Waals surface area contributed by atoms with Crippen molar-refractivity contribution in [1.29, 1.82) is 0 Å². The summed E-state index contributed by atoms with van der Waals surface area (Å²) in [4.78, 5) is 25.7. The van der Waals surface area contributed by atoms with Gasteiger partial charge in [-0.1, -0.05) is 37.3 Å². The Morgan fingerprint density at radius 2 is 2.14 bits per heavy atom. The zero-order chi connectivity index (χ0) is 15.1. The summed E-state index contributed by atoms with van der Waals surface area (Å²) in [7, 11) is 0. The van der Waals surface area contributed by atoms with Crippen LogP contribution >= 0.6 is 11.8 Å². The van der Waals surface area contributed by atoms with Crippen molar-refractivity contribution in [2.45, 2.75) is 25.8 Å². The first kappa shape index (κ1) is 15.9. The second-order valence-electron chi connectivity index (χ2n) is 5.09. The fraction of sp³-hybridized carbons (Fsp3) is 0.500. The second-order valence-corrected chi connectivity index (χ2v) is 6.20. The number of carbonyl (C=O) groups excluding carboxylic acids is 2. The lowest BCUT2D eigenvalue weighted by molar-refractivity contribution is -0.141. The van der Waals surface area contributed by atoms with Crippen LogP contribution in [0.15, 0.2) is 30.3 Å². The lowest BCUT2D eigenvalue weighted by Crippen LogP contribution is -2.57. The standard InChI is InChI=1S/C16H22N2O2S/c1-2-14-16(20)17-9-10-18(14)15(19)12-21-11-8-13-6-4-3-5-7-13/h3-7,14H,2,8-12H2,1H3,(H,17,20). The lowest BCUT2D eigenvalue weighted by Gasteiger charge is -2.34. The molecule has 1 aliphatic heterocycles. The van der Waals surface area contributed by atoms with Crippen molar-refractivity contribution < 1.29 is 9.59 Å². The minimum absolute atomic E-state index is 0.0219. The highest BCUT2D eigenvalue weighted by Crippen LogP contribution is 2.13. The predicted octanol–water partition coefficient (Wildman–Crippen LogP) is 1.70. The van der Waals surface area contributed by atoms with Crippen LogP contribution in [0.1, 0.15) is 18.9 Å². The normalized spacial score (nSPS) is 18.4. The van der Waals surface area contributed by atoms with Crippen molar-refractivity contribution >= 4 is 23.6 Å². The van der Waals surface area contributed by atoms with Gasteiger partial charge in [-0.25, -0.2) is 0 Å². The summed E-state index contributed by atoms with van der Waals surface area (Å²) in [6.45, 7) is 3.14. The van der Waals surface area contributed by atoms with Gasteiger partial charge in [-0.15, -0.1) is 0 Å². The van der Waals surface area contributed by atoms with E-state index in [1.165, 1.54) is 5.56 Å². The number of nitrogens with zero attached hydrogens (tertiary/aromatic N) is 1. The van der Waals surface area contributed by atoms with E-state index >= 15 is 0 Å². The van der Waals surface area contributed by atoms with E-state index in [1.54, 1.807) is 16.7 Å². The molecule has 5 heteroatoms. The number of thioether (sulfide) groups is 1. The number of aryl methyl sites for hydroxylation is 1. The van der Waals surface area contributed by atoms with Gasteiger partial charge in [0.1, 0.15) is 6.04 Å². The molecule has 21 heavy (non-hydrogen) atoms. The molecular formula is C16H22N2O2S. The lowest BCUT2D eigenvalue weighted by atomic mass is 10.1. The van der Waals surface area contributed by atoms with Gasteiger partial charge in [0.2, 0.25) is 11.8 Å². The molecule has 1 fully saturated rings. The van der Waals surface area contributed by atoms with Crippen LogP contribution in [0.2, 0.25) is 0 Å². The van der Waals surface area contributed by atoms with Crippen molar-refractivity contribution in [2.75, 3.05) is 24.6 Å². The average Bonchev–Trinajstić information content (AvgIpc) is 2.52. The third-order valence-corrected chi connectivity index (χ3v) is 4.59. The third kappa shape index (κ3) is 4.49. The maximum absolute atomic E-state index is 12.2. The molecule has 0 aliphatic carbocycles. The Kier molecular flexibility index (Phi) is 6.11. The SMILES string of the molecule is CCC1C(=O)NCCN1C(=O)CSCCc1ccccc1. The molecule has 1 aromatic carbocycles. The second kappa shape index (κ2) is 8.08. The number of carbonyl (C=O) groups is 2. The third-order valence-electron chi connectivity index (χ3n) is 3.64. The highest BCUT2D eigenvalue weighted by Gasteiger charge is 2.30. The van der Waals surface area contributed by atoms with Gasteiger partial charge >= 0.3 is 0 Å². The molecule has 1 N–H and O–H groups in total. The Morgan fingerprint density at radius 1 is 1.38 bits per heavy atom. The molecule has 0 spiro atoms. The van der Waals surface area contributed by atoms with Crippen LogP contribution in [0.25, 0.3) is 0 Å². The largest absolute Gasteiger partial charge is 0.353 e. The molecular weight excluding hydrogens is 284 g/mol. The first-order valence-electron chi connectivity index (χ1n) is 7.41. The molecule has 1 aromatic rings. The van der Waals surface area contributed by atoms with Crippen LogP contribution < -0.4 is 5.32 Å². The van der Waals surface area contributed by atoms with Gasteiger partial charge in [0.15, 0.2) is 0 Å². The highest BCUT2D eigenvalue weighted by atomic mass is 32.2. The van der Waals surface area contributed by atoms with Crippen molar-refractivity contribution in [3.05, 3.63) is 35.9 Å². The van der Waals surface area contributed by atoms with E-state index in [4.69, 9.17) is 0 Å². The number of rotatable bonds is 6. The van der Waals surface area contributed by atoms with Gasteiger partial charge in [0, 0.05) is 13.1 Å². The molecule has 0 bridgehead atoms. The monoisotopic (exact) mass is 306 g/mol. The summed E-state index contributed by atoms with van der Waals surface area (Å²) in [6.07, 6.45) is 1.64. The Morgan fingerprint density at radius 3 is 2.86 bits per heavy atom. The van der Waals surface area contributed by atoms with E-state index in [2.05, 4.69) is 17.4 Å². The van der Waals surface area contributed by atoms with Crippen LogP contribution in [0.4, 0.5) is 0 Å². The average molecular weight is 306 g/mol. The fourth-order valence-corrected chi connectivity index (χ4v) is 3.36. The maximum Gasteiger partial charge on any atom is 0.242 e. The Bertz CT molecular complexity index is 478. The van der Waals surface area contributed by atoms with Gasteiger partial charge < -0.3 is 10.2 Å². The van der Waals surface area contributed by atoms with Gasteiger partial charge in [0.25, 0.3) is 0 Å². The van der Waals surface area contributed by atoms with Crippen LogP contribution in [0.3, 0.4) is 0 Å². The van der Waals surface area contributed by atoms with E-state index in [-0.39, 0.29) is 17.9 Å². The molecule has 1 heterocycles. The van der Waals surface area contributed by atoms with Gasteiger partial charge in [-0.05, 0) is 24.2 Å². The first-order valence-corrected chi connectivity index (χ1v) is 8.56. The summed E-state index contributed by atoms with van der Waals surface area (Å²) < 4.78 is 0. The van der Waals surface area contributed by atoms with Crippen LogP contribution in [0, 0.1) is 0 Å². The topological polar surface area (TPSA) is 49.4 Å². The van der Waals surface area contributed by atoms with E-state index in [0.29, 0.717) is 25.3 Å². The van der Waals surface area contributed by atoms with E-state index in [1.807, 2.05) is 25.1 Å². The van der Waals surface area contributed by atoms with Gasteiger partial charge in [-0.2, -0.15) is 11.8 Å². The number of hydrogen-bond acceptors (Lipinski definition) is 3. The van der Waals surface area contributed by atoms with Gasteiger partial charge in [0.05, 0.1) is 5.75 Å². The number of benzene rings is 1. The molecule has 2 amide bonds. The Labute approximate surface area is 130 Å². The molecule has 2 rings (SSSR count). The molecule has 0 aromatic heterocycles. The van der Waals surface area contributed by atoms with Gasteiger partial charge in [-0.3, -0.25) is 9.59 Å². The Hall–Kier alpha value is -1.49. The molecule has 1 saturated heterocycles. The molecule has 114 valence electrons.